The van der Waals surface area contributed by atoms with Crippen LogP contribution < -0.4 is 4.90 Å². The molecule has 0 aliphatic carbocycles. The highest BCUT2D eigenvalue weighted by Gasteiger charge is 2.07. The molecule has 3 heterocycles. The van der Waals surface area contributed by atoms with Gasteiger partial charge in [-0.2, -0.15) is 15.2 Å². The van der Waals surface area contributed by atoms with Gasteiger partial charge in [-0.15, -0.1) is 0 Å². The van der Waals surface area contributed by atoms with Gasteiger partial charge in [0.2, 0.25) is 5.95 Å². The average Bonchev–Trinajstić information content (AvgIpc) is 3.03. The van der Waals surface area contributed by atoms with Crippen LogP contribution in [0.15, 0.2) is 24.8 Å². The fourth-order valence-electron chi connectivity index (χ4n) is 1.91. The second kappa shape index (κ2) is 4.68. The first kappa shape index (κ1) is 11.6. The van der Waals surface area contributed by atoms with Crippen molar-refractivity contribution < 1.29 is 0 Å². The predicted octanol–water partition coefficient (Wildman–Crippen LogP) is 0.765. The molecule has 0 radical (unpaired) electrons. The lowest BCUT2D eigenvalue weighted by atomic mass is 10.2. The Hall–Kier alpha value is -2.44. The second-order valence-electron chi connectivity index (χ2n) is 4.54. The summed E-state index contributed by atoms with van der Waals surface area (Å²) in [4.78, 5) is 10.8. The number of hydrogen-bond acceptors (Lipinski definition) is 5. The van der Waals surface area contributed by atoms with Gasteiger partial charge in [0, 0.05) is 33.0 Å². The molecule has 0 spiro atoms. The summed E-state index contributed by atoms with van der Waals surface area (Å²) >= 11 is 0. The van der Waals surface area contributed by atoms with Gasteiger partial charge in [0.1, 0.15) is 0 Å². The average molecular weight is 257 g/mol. The molecule has 7 heteroatoms. The van der Waals surface area contributed by atoms with Crippen LogP contribution in [0.1, 0.15) is 5.56 Å². The first-order valence-electron chi connectivity index (χ1n) is 6.07. The van der Waals surface area contributed by atoms with Crippen molar-refractivity contribution in [3.63, 3.8) is 0 Å². The second-order valence-corrected chi connectivity index (χ2v) is 4.54. The lowest BCUT2D eigenvalue weighted by Crippen LogP contribution is -2.22. The van der Waals surface area contributed by atoms with Gasteiger partial charge in [0.25, 0.3) is 0 Å². The summed E-state index contributed by atoms with van der Waals surface area (Å²) in [5.41, 5.74) is 1.97. The van der Waals surface area contributed by atoms with Crippen LogP contribution in [0.4, 0.5) is 5.95 Å². The van der Waals surface area contributed by atoms with Crippen LogP contribution in [0, 0.1) is 0 Å². The number of hydrogen-bond donors (Lipinski definition) is 1. The third kappa shape index (κ3) is 2.40. The normalized spacial score (nSPS) is 11.1. The Morgan fingerprint density at radius 2 is 2.21 bits per heavy atom. The first-order chi connectivity index (χ1) is 9.22. The summed E-state index contributed by atoms with van der Waals surface area (Å²) in [7, 11) is 3.90. The van der Waals surface area contributed by atoms with E-state index in [4.69, 9.17) is 0 Å². The highest BCUT2D eigenvalue weighted by Crippen LogP contribution is 2.11. The summed E-state index contributed by atoms with van der Waals surface area (Å²) in [5.74, 6) is 0.695. The Kier molecular flexibility index (Phi) is 2.86. The van der Waals surface area contributed by atoms with Crippen LogP contribution in [0.5, 0.6) is 0 Å². The zero-order chi connectivity index (χ0) is 13.2. The molecule has 0 aliphatic heterocycles. The Labute approximate surface area is 110 Å². The lowest BCUT2D eigenvalue weighted by Gasteiger charge is -2.15. The summed E-state index contributed by atoms with van der Waals surface area (Å²) in [6.07, 6.45) is 8.31. The topological polar surface area (TPSA) is 75.5 Å². The van der Waals surface area contributed by atoms with E-state index in [1.54, 1.807) is 12.4 Å². The molecule has 98 valence electrons. The summed E-state index contributed by atoms with van der Waals surface area (Å²) in [6, 6.07) is 0. The van der Waals surface area contributed by atoms with Gasteiger partial charge < -0.3 is 4.90 Å². The molecular weight excluding hydrogens is 242 g/mol. The Morgan fingerprint density at radius 1 is 1.32 bits per heavy atom. The molecule has 0 fully saturated rings. The Morgan fingerprint density at radius 3 is 3.00 bits per heavy atom. The molecular formula is C12H15N7. The van der Waals surface area contributed by atoms with Gasteiger partial charge in [-0.3, -0.25) is 9.78 Å². The molecule has 0 amide bonds. The number of H-pyrrole nitrogens is 1. The molecule has 19 heavy (non-hydrogen) atoms. The van der Waals surface area contributed by atoms with E-state index in [9.17, 15) is 0 Å². The minimum atomic E-state index is 0.695. The molecule has 7 nitrogen and oxygen atoms in total. The van der Waals surface area contributed by atoms with Crippen LogP contribution >= 0.6 is 0 Å². The quantitative estimate of drug-likeness (QED) is 0.747. The van der Waals surface area contributed by atoms with Crippen molar-refractivity contribution in [2.24, 2.45) is 7.05 Å². The van der Waals surface area contributed by atoms with E-state index in [1.165, 1.54) is 5.56 Å². The van der Waals surface area contributed by atoms with Gasteiger partial charge in [-0.05, 0) is 12.0 Å². The smallest absolute Gasteiger partial charge is 0.227 e. The number of nitrogens with one attached hydrogen (secondary N) is 1. The van der Waals surface area contributed by atoms with Crippen molar-refractivity contribution in [2.45, 2.75) is 6.42 Å². The number of likely N-dealkylation sites (N-methyl/N-ethyl adjacent to an activating group) is 1. The number of aryl methyl sites for hydroxylation is 1. The van der Waals surface area contributed by atoms with E-state index in [0.717, 1.165) is 24.0 Å². The summed E-state index contributed by atoms with van der Waals surface area (Å²) in [5, 5.41) is 11.9. The van der Waals surface area contributed by atoms with E-state index in [1.807, 2.05) is 36.1 Å². The molecule has 3 aromatic rings. The molecule has 0 aromatic carbocycles. The summed E-state index contributed by atoms with van der Waals surface area (Å²) < 4.78 is 1.81. The highest BCUT2D eigenvalue weighted by atomic mass is 15.3. The van der Waals surface area contributed by atoms with Crippen molar-refractivity contribution >= 4 is 17.0 Å². The summed E-state index contributed by atoms with van der Waals surface area (Å²) in [6.45, 7) is 0.839. The maximum Gasteiger partial charge on any atom is 0.227 e. The van der Waals surface area contributed by atoms with E-state index >= 15 is 0 Å². The van der Waals surface area contributed by atoms with Crippen molar-refractivity contribution in [2.75, 3.05) is 18.5 Å². The first-order valence-corrected chi connectivity index (χ1v) is 6.07. The van der Waals surface area contributed by atoms with Gasteiger partial charge >= 0.3 is 0 Å². The van der Waals surface area contributed by atoms with Crippen LogP contribution in [-0.2, 0) is 13.5 Å². The van der Waals surface area contributed by atoms with Crippen molar-refractivity contribution in [3.8, 4) is 0 Å². The Bertz CT molecular complexity index is 684. The maximum atomic E-state index is 4.43. The molecule has 3 rings (SSSR count). The van der Waals surface area contributed by atoms with Crippen LogP contribution in [-0.4, -0.2) is 43.5 Å². The zero-order valence-corrected chi connectivity index (χ0v) is 10.9. The molecule has 0 bridgehead atoms. The van der Waals surface area contributed by atoms with Crippen molar-refractivity contribution in [1.29, 1.82) is 0 Å². The molecule has 0 aliphatic rings. The van der Waals surface area contributed by atoms with E-state index in [0.29, 0.717) is 5.95 Å². The number of fused-ring (bicyclic) bond motifs is 1. The molecule has 1 N–H and O–H groups in total. The highest BCUT2D eigenvalue weighted by molar-refractivity contribution is 5.73. The minimum Gasteiger partial charge on any atom is -0.343 e. The number of anilines is 1. The predicted molar refractivity (Wildman–Crippen MR) is 71.9 cm³/mol. The van der Waals surface area contributed by atoms with E-state index < -0.39 is 0 Å². The van der Waals surface area contributed by atoms with Gasteiger partial charge in [-0.1, -0.05) is 0 Å². The van der Waals surface area contributed by atoms with Gasteiger partial charge in [-0.25, -0.2) is 4.98 Å². The van der Waals surface area contributed by atoms with Crippen LogP contribution in [0.3, 0.4) is 0 Å². The SMILES string of the molecule is CN(CCc1cnn(C)c1)c1ncc2cn[nH]c2n1. The molecule has 3 aromatic heterocycles. The number of rotatable bonds is 4. The van der Waals surface area contributed by atoms with Gasteiger partial charge in [0.05, 0.1) is 17.8 Å². The largest absolute Gasteiger partial charge is 0.343 e. The third-order valence-corrected chi connectivity index (χ3v) is 3.01. The maximum absolute atomic E-state index is 4.43. The molecule has 0 atom stereocenters. The third-order valence-electron chi connectivity index (χ3n) is 3.01. The van der Waals surface area contributed by atoms with Crippen LogP contribution in [0.25, 0.3) is 11.0 Å². The van der Waals surface area contributed by atoms with E-state index in [-0.39, 0.29) is 0 Å². The lowest BCUT2D eigenvalue weighted by molar-refractivity contribution is 0.766. The zero-order valence-electron chi connectivity index (χ0n) is 10.9. The monoisotopic (exact) mass is 257 g/mol. The minimum absolute atomic E-state index is 0.695. The number of aromatic amines is 1. The molecule has 0 unspecified atom stereocenters. The van der Waals surface area contributed by atoms with Crippen LogP contribution in [0.2, 0.25) is 0 Å². The fraction of sp³-hybridized carbons (Fsp3) is 0.333. The standard InChI is InChI=1S/C12H15N7/c1-18(4-3-9-5-15-19(2)8-9)12-13-6-10-7-14-17-11(10)16-12/h5-8H,3-4H2,1-2H3,(H,13,14,16,17). The number of aromatic nitrogens is 6. The molecule has 0 saturated carbocycles. The Balaban J connectivity index is 1.70. The molecule has 0 saturated heterocycles. The number of nitrogens with zero attached hydrogens (tertiary/aromatic N) is 6. The van der Waals surface area contributed by atoms with E-state index in [2.05, 4.69) is 25.3 Å². The van der Waals surface area contributed by atoms with Crippen molar-refractivity contribution in [1.82, 2.24) is 29.9 Å². The van der Waals surface area contributed by atoms with Gasteiger partial charge in [0.15, 0.2) is 5.65 Å². The fourth-order valence-corrected chi connectivity index (χ4v) is 1.91. The van der Waals surface area contributed by atoms with Crippen molar-refractivity contribution in [3.05, 3.63) is 30.4 Å².